The number of allylic oxidation sites excluding steroid dienone is 5. The summed E-state index contributed by atoms with van der Waals surface area (Å²) in [7, 11) is 0. The van der Waals surface area contributed by atoms with Gasteiger partial charge in [-0.05, 0) is 55.4 Å². The zero-order valence-electron chi connectivity index (χ0n) is 13.7. The third kappa shape index (κ3) is 3.08. The first-order valence-electron chi connectivity index (χ1n) is 8.35. The Balaban J connectivity index is 1.82. The highest BCUT2D eigenvalue weighted by Crippen LogP contribution is 2.49. The van der Waals surface area contributed by atoms with Gasteiger partial charge in [0, 0.05) is 22.6 Å². The maximum atomic E-state index is 10.3. The van der Waals surface area contributed by atoms with Crippen LogP contribution in [0.2, 0.25) is 0 Å². The first-order chi connectivity index (χ1) is 10.9. The normalized spacial score (nSPS) is 43.2. The van der Waals surface area contributed by atoms with Crippen molar-refractivity contribution in [1.29, 1.82) is 0 Å². The molecule has 0 heterocycles. The third-order valence-electron chi connectivity index (χ3n) is 5.48. The van der Waals surface area contributed by atoms with Crippen molar-refractivity contribution in [3.05, 3.63) is 47.7 Å². The van der Waals surface area contributed by atoms with Gasteiger partial charge in [0.1, 0.15) is 5.76 Å². The Labute approximate surface area is 148 Å². The van der Waals surface area contributed by atoms with Gasteiger partial charge in [-0.15, -0.1) is 23.2 Å². The Bertz CT molecular complexity index is 572. The van der Waals surface area contributed by atoms with Gasteiger partial charge in [-0.25, -0.2) is 0 Å². The fourth-order valence-corrected chi connectivity index (χ4v) is 4.96. The van der Waals surface area contributed by atoms with Crippen LogP contribution in [0.15, 0.2) is 47.7 Å². The Morgan fingerprint density at radius 1 is 1.26 bits per heavy atom. The largest absolute Gasteiger partial charge is 0.504 e. The van der Waals surface area contributed by atoms with Crippen molar-refractivity contribution in [2.75, 3.05) is 0 Å². The van der Waals surface area contributed by atoms with Gasteiger partial charge in [-0.1, -0.05) is 19.9 Å². The molecule has 0 aromatic rings. The van der Waals surface area contributed by atoms with E-state index in [9.17, 15) is 5.11 Å². The van der Waals surface area contributed by atoms with Gasteiger partial charge in [0.2, 0.25) is 0 Å². The van der Waals surface area contributed by atoms with E-state index in [1.165, 1.54) is 0 Å². The van der Waals surface area contributed by atoms with E-state index in [2.05, 4.69) is 19.9 Å². The van der Waals surface area contributed by atoms with Crippen LogP contribution in [0.25, 0.3) is 0 Å². The van der Waals surface area contributed by atoms with Crippen LogP contribution in [-0.2, 0) is 4.74 Å². The first kappa shape index (κ1) is 17.0. The Hall–Kier alpha value is -0.860. The SMILES string of the molecule is C/C=C\C(=C/C1C(C)CC1Cl)OC1=CC2C(C)C(C=C1O)C2Cl. The van der Waals surface area contributed by atoms with Crippen molar-refractivity contribution in [1.82, 2.24) is 0 Å². The molecule has 0 aromatic heterocycles. The number of alkyl halides is 2. The van der Waals surface area contributed by atoms with Gasteiger partial charge >= 0.3 is 0 Å². The maximum absolute atomic E-state index is 10.3. The first-order valence-corrected chi connectivity index (χ1v) is 9.23. The molecule has 2 fully saturated rings. The molecule has 4 rings (SSSR count). The number of aliphatic hydroxyl groups is 1. The second-order valence-corrected chi connectivity index (χ2v) is 8.08. The van der Waals surface area contributed by atoms with Gasteiger partial charge in [0.25, 0.3) is 0 Å². The average Bonchev–Trinajstić information content (AvgIpc) is 2.72. The molecule has 7 atom stereocenters. The summed E-state index contributed by atoms with van der Waals surface area (Å²) in [5, 5.41) is 10.6. The van der Waals surface area contributed by atoms with E-state index in [-0.39, 0.29) is 28.3 Å². The van der Waals surface area contributed by atoms with Crippen LogP contribution in [0.3, 0.4) is 0 Å². The quantitative estimate of drug-likeness (QED) is 0.407. The van der Waals surface area contributed by atoms with Crippen LogP contribution >= 0.6 is 23.2 Å². The van der Waals surface area contributed by atoms with Crippen molar-refractivity contribution < 1.29 is 9.84 Å². The molecule has 4 aliphatic rings. The molecular formula is C19H24Cl2O2. The minimum absolute atomic E-state index is 0.0428. The molecule has 4 aliphatic carbocycles. The number of fused-ring (bicyclic) bond motifs is 1. The lowest BCUT2D eigenvalue weighted by molar-refractivity contribution is 0.179. The number of hydrogen-bond acceptors (Lipinski definition) is 2. The highest BCUT2D eigenvalue weighted by Gasteiger charge is 2.47. The van der Waals surface area contributed by atoms with Crippen molar-refractivity contribution in [2.24, 2.45) is 29.6 Å². The summed E-state index contributed by atoms with van der Waals surface area (Å²) in [6.45, 7) is 6.31. The number of ether oxygens (including phenoxy) is 1. The van der Waals surface area contributed by atoms with Crippen LogP contribution in [0.1, 0.15) is 27.2 Å². The van der Waals surface area contributed by atoms with E-state index in [0.29, 0.717) is 23.5 Å². The van der Waals surface area contributed by atoms with E-state index in [0.717, 1.165) is 12.2 Å². The van der Waals surface area contributed by atoms with Gasteiger partial charge in [-0.3, -0.25) is 0 Å². The Kier molecular flexibility index (Phi) is 4.85. The summed E-state index contributed by atoms with van der Waals surface area (Å²) in [6.07, 6.45) is 10.8. The molecule has 1 N–H and O–H groups in total. The maximum Gasteiger partial charge on any atom is 0.165 e. The summed E-state index contributed by atoms with van der Waals surface area (Å²) in [5.41, 5.74) is 0. The van der Waals surface area contributed by atoms with Gasteiger partial charge in [-0.2, -0.15) is 0 Å². The third-order valence-corrected chi connectivity index (χ3v) is 6.53. The Morgan fingerprint density at radius 2 is 1.96 bits per heavy atom. The highest BCUT2D eigenvalue weighted by molar-refractivity contribution is 6.22. The lowest BCUT2D eigenvalue weighted by atomic mass is 9.66. The molecule has 0 aromatic carbocycles. The van der Waals surface area contributed by atoms with E-state index in [1.807, 2.05) is 31.2 Å². The highest BCUT2D eigenvalue weighted by atomic mass is 35.5. The van der Waals surface area contributed by atoms with E-state index >= 15 is 0 Å². The topological polar surface area (TPSA) is 29.5 Å². The van der Waals surface area contributed by atoms with Crippen LogP contribution in [-0.4, -0.2) is 15.9 Å². The molecule has 0 spiro atoms. The summed E-state index contributed by atoms with van der Waals surface area (Å²) in [5.74, 6) is 3.21. The minimum atomic E-state index is 0.0428. The number of rotatable bonds is 4. The van der Waals surface area contributed by atoms with Gasteiger partial charge in [0.15, 0.2) is 11.5 Å². The predicted molar refractivity (Wildman–Crippen MR) is 95.5 cm³/mol. The average molecular weight is 355 g/mol. The van der Waals surface area contributed by atoms with Gasteiger partial charge < -0.3 is 9.84 Å². The van der Waals surface area contributed by atoms with Crippen molar-refractivity contribution in [3.63, 3.8) is 0 Å². The molecule has 7 unspecified atom stereocenters. The van der Waals surface area contributed by atoms with E-state index in [1.54, 1.807) is 0 Å². The number of halogens is 2. The van der Waals surface area contributed by atoms with Crippen LogP contribution < -0.4 is 0 Å². The fraction of sp³-hybridized carbons (Fsp3) is 0.579. The smallest absolute Gasteiger partial charge is 0.165 e. The molecular weight excluding hydrogens is 331 g/mol. The number of hydrogen-bond donors (Lipinski definition) is 1. The zero-order valence-corrected chi connectivity index (χ0v) is 15.3. The fourth-order valence-electron chi connectivity index (χ4n) is 3.75. The molecule has 0 aliphatic heterocycles. The molecule has 4 heteroatoms. The van der Waals surface area contributed by atoms with E-state index in [4.69, 9.17) is 27.9 Å². The zero-order chi connectivity index (χ0) is 16.7. The van der Waals surface area contributed by atoms with Crippen LogP contribution in [0.5, 0.6) is 0 Å². The standard InChI is InChI=1S/C19H24Cl2O2/c1-4-5-12(7-13-10(2)6-16(13)20)23-18-9-15-11(3)14(19(15)21)8-17(18)22/h4-5,7-11,13-16,19,22H,6H2,1-3H3/b5-4-,12-7+. The molecule has 0 saturated heterocycles. The molecule has 0 amide bonds. The van der Waals surface area contributed by atoms with Gasteiger partial charge in [0.05, 0.1) is 0 Å². The molecule has 2 nitrogen and oxygen atoms in total. The summed E-state index contributed by atoms with van der Waals surface area (Å²) >= 11 is 12.7. The van der Waals surface area contributed by atoms with Crippen molar-refractivity contribution in [3.8, 4) is 0 Å². The monoisotopic (exact) mass is 354 g/mol. The summed E-state index contributed by atoms with van der Waals surface area (Å²) < 4.78 is 6.02. The minimum Gasteiger partial charge on any atom is -0.504 e. The van der Waals surface area contributed by atoms with Crippen LogP contribution in [0, 0.1) is 29.6 Å². The second-order valence-electron chi connectivity index (χ2n) is 7.02. The number of aliphatic hydroxyl groups excluding tert-OH is 1. The molecule has 23 heavy (non-hydrogen) atoms. The predicted octanol–water partition coefficient (Wildman–Crippen LogP) is 5.56. The van der Waals surface area contributed by atoms with Crippen molar-refractivity contribution >= 4 is 23.2 Å². The molecule has 0 radical (unpaired) electrons. The molecule has 2 saturated carbocycles. The lowest BCUT2D eigenvalue weighted by Gasteiger charge is -2.43. The summed E-state index contributed by atoms with van der Waals surface area (Å²) in [6, 6.07) is 0. The summed E-state index contributed by atoms with van der Waals surface area (Å²) in [4.78, 5) is 0. The Morgan fingerprint density at radius 3 is 2.52 bits per heavy atom. The second kappa shape index (κ2) is 6.57. The van der Waals surface area contributed by atoms with Crippen molar-refractivity contribution in [2.45, 2.75) is 37.9 Å². The van der Waals surface area contributed by atoms with E-state index < -0.39 is 0 Å². The van der Waals surface area contributed by atoms with Crippen LogP contribution in [0.4, 0.5) is 0 Å². The lowest BCUT2D eigenvalue weighted by Crippen LogP contribution is -2.43. The molecule has 2 bridgehead atoms. The molecule has 126 valence electrons.